The Hall–Kier alpha value is -1.76. The summed E-state index contributed by atoms with van der Waals surface area (Å²) in [6.07, 6.45) is 0.490. The lowest BCUT2D eigenvalue weighted by Gasteiger charge is -2.28. The van der Waals surface area contributed by atoms with E-state index in [0.717, 1.165) is 5.69 Å². The number of nitrogens with zero attached hydrogens (tertiary/aromatic N) is 2. The van der Waals surface area contributed by atoms with E-state index in [4.69, 9.17) is 0 Å². The van der Waals surface area contributed by atoms with Crippen LogP contribution in [0.4, 0.5) is 11.4 Å². The van der Waals surface area contributed by atoms with Crippen LogP contribution < -0.4 is 4.90 Å². The van der Waals surface area contributed by atoms with Crippen LogP contribution in [0.3, 0.4) is 0 Å². The van der Waals surface area contributed by atoms with Crippen LogP contribution in [-0.4, -0.2) is 40.0 Å². The molecule has 0 saturated carbocycles. The third-order valence-corrected chi connectivity index (χ3v) is 4.15. The number of rotatable bonds is 3. The molecule has 96 valence electrons. The molecule has 0 atom stereocenters. The van der Waals surface area contributed by atoms with Gasteiger partial charge in [-0.05, 0) is 12.1 Å². The van der Waals surface area contributed by atoms with Crippen molar-refractivity contribution in [1.29, 1.82) is 0 Å². The zero-order valence-electron chi connectivity index (χ0n) is 9.57. The zero-order chi connectivity index (χ0) is 13.1. The van der Waals surface area contributed by atoms with E-state index in [0.29, 0.717) is 30.9 Å². The second kappa shape index (κ2) is 5.26. The normalized spacial score (nSPS) is 16.6. The molecule has 0 aromatic heterocycles. The molecule has 2 rings (SSSR count). The van der Waals surface area contributed by atoms with Crippen molar-refractivity contribution >= 4 is 28.5 Å². The summed E-state index contributed by atoms with van der Waals surface area (Å²) in [7, 11) is -0.773. The number of anilines is 1. The number of nitro benzene ring substituents is 1. The molecule has 0 amide bonds. The number of benzene rings is 1. The van der Waals surface area contributed by atoms with Gasteiger partial charge in [0, 0.05) is 47.1 Å². The van der Waals surface area contributed by atoms with Gasteiger partial charge in [-0.1, -0.05) is 0 Å². The minimum atomic E-state index is -0.773. The van der Waals surface area contributed by atoms with Crippen LogP contribution in [-0.2, 0) is 10.8 Å². The highest BCUT2D eigenvalue weighted by Gasteiger charge is 2.19. The van der Waals surface area contributed by atoms with Crippen LogP contribution >= 0.6 is 0 Å². The molecule has 1 saturated heterocycles. The largest absolute Gasteiger partial charge is 0.370 e. The average Bonchev–Trinajstić information content (AvgIpc) is 2.38. The Morgan fingerprint density at radius 3 is 2.56 bits per heavy atom. The van der Waals surface area contributed by atoms with Gasteiger partial charge >= 0.3 is 0 Å². The van der Waals surface area contributed by atoms with Gasteiger partial charge in [-0.3, -0.25) is 19.1 Å². The van der Waals surface area contributed by atoms with E-state index in [9.17, 15) is 19.1 Å². The van der Waals surface area contributed by atoms with Gasteiger partial charge in [0.25, 0.3) is 5.69 Å². The minimum Gasteiger partial charge on any atom is -0.370 e. The Morgan fingerprint density at radius 2 is 2.00 bits per heavy atom. The molecule has 0 bridgehead atoms. The molecule has 1 aliphatic rings. The van der Waals surface area contributed by atoms with Crippen molar-refractivity contribution in [3.05, 3.63) is 33.9 Å². The summed E-state index contributed by atoms with van der Waals surface area (Å²) in [5.74, 6) is 1.18. The SMILES string of the molecule is O=Cc1cc(N2CCS(=O)CC2)ccc1[N+](=O)[O-]. The molecule has 0 radical (unpaired) electrons. The molecule has 0 aliphatic carbocycles. The fourth-order valence-corrected chi connectivity index (χ4v) is 2.95. The van der Waals surface area contributed by atoms with Crippen LogP contribution in [0, 0.1) is 10.1 Å². The molecule has 0 spiro atoms. The van der Waals surface area contributed by atoms with Gasteiger partial charge in [0.2, 0.25) is 0 Å². The van der Waals surface area contributed by atoms with Crippen molar-refractivity contribution in [1.82, 2.24) is 0 Å². The van der Waals surface area contributed by atoms with Crippen LogP contribution in [0.5, 0.6) is 0 Å². The lowest BCUT2D eigenvalue weighted by Crippen LogP contribution is -2.37. The number of carbonyl (C=O) groups excluding carboxylic acids is 1. The first-order valence-corrected chi connectivity index (χ1v) is 6.94. The number of nitro groups is 1. The van der Waals surface area contributed by atoms with Gasteiger partial charge in [0.05, 0.1) is 10.5 Å². The lowest BCUT2D eigenvalue weighted by molar-refractivity contribution is -0.385. The molecule has 0 unspecified atom stereocenters. The second-order valence-electron chi connectivity index (χ2n) is 3.95. The predicted molar refractivity (Wildman–Crippen MR) is 68.6 cm³/mol. The Balaban J connectivity index is 2.27. The van der Waals surface area contributed by atoms with Crippen molar-refractivity contribution < 1.29 is 13.9 Å². The van der Waals surface area contributed by atoms with Crippen molar-refractivity contribution in [2.75, 3.05) is 29.5 Å². The fourth-order valence-electron chi connectivity index (χ4n) is 1.90. The van der Waals surface area contributed by atoms with Gasteiger partial charge in [-0.15, -0.1) is 0 Å². The zero-order valence-corrected chi connectivity index (χ0v) is 10.4. The van der Waals surface area contributed by atoms with Crippen molar-refractivity contribution in [3.8, 4) is 0 Å². The van der Waals surface area contributed by atoms with Crippen molar-refractivity contribution in [2.24, 2.45) is 0 Å². The third-order valence-electron chi connectivity index (χ3n) is 2.88. The van der Waals surface area contributed by atoms with Gasteiger partial charge in [-0.25, -0.2) is 0 Å². The topological polar surface area (TPSA) is 80.5 Å². The molecule has 1 aromatic carbocycles. The minimum absolute atomic E-state index is 0.0733. The van der Waals surface area contributed by atoms with Gasteiger partial charge < -0.3 is 4.90 Å². The highest BCUT2D eigenvalue weighted by Crippen LogP contribution is 2.24. The van der Waals surface area contributed by atoms with Crippen molar-refractivity contribution in [2.45, 2.75) is 0 Å². The Morgan fingerprint density at radius 1 is 1.33 bits per heavy atom. The maximum Gasteiger partial charge on any atom is 0.280 e. The number of hydrogen-bond acceptors (Lipinski definition) is 5. The van der Waals surface area contributed by atoms with Crippen LogP contribution in [0.2, 0.25) is 0 Å². The van der Waals surface area contributed by atoms with Crippen molar-refractivity contribution in [3.63, 3.8) is 0 Å². The molecule has 1 heterocycles. The molecule has 1 fully saturated rings. The first kappa shape index (κ1) is 12.7. The summed E-state index contributed by atoms with van der Waals surface area (Å²) in [5.41, 5.74) is 0.651. The average molecular weight is 268 g/mol. The Bertz CT molecular complexity index is 508. The Kier molecular flexibility index (Phi) is 3.71. The molecule has 1 aliphatic heterocycles. The second-order valence-corrected chi connectivity index (χ2v) is 5.65. The Labute approximate surface area is 106 Å². The van der Waals surface area contributed by atoms with Crippen LogP contribution in [0.15, 0.2) is 18.2 Å². The van der Waals surface area contributed by atoms with Gasteiger partial charge in [0.15, 0.2) is 6.29 Å². The monoisotopic (exact) mass is 268 g/mol. The van der Waals surface area contributed by atoms with E-state index < -0.39 is 15.7 Å². The van der Waals surface area contributed by atoms with Crippen LogP contribution in [0.25, 0.3) is 0 Å². The maximum absolute atomic E-state index is 11.2. The highest BCUT2D eigenvalue weighted by atomic mass is 32.2. The van der Waals surface area contributed by atoms with Crippen LogP contribution in [0.1, 0.15) is 10.4 Å². The predicted octanol–water partition coefficient (Wildman–Crippen LogP) is 0.976. The molecule has 7 heteroatoms. The van der Waals surface area contributed by atoms with E-state index >= 15 is 0 Å². The quantitative estimate of drug-likeness (QED) is 0.463. The maximum atomic E-state index is 11.2. The van der Waals surface area contributed by atoms with E-state index in [1.165, 1.54) is 12.1 Å². The first-order valence-electron chi connectivity index (χ1n) is 5.45. The molecular weight excluding hydrogens is 256 g/mol. The summed E-state index contributed by atoms with van der Waals surface area (Å²) < 4.78 is 11.2. The summed E-state index contributed by atoms with van der Waals surface area (Å²) in [6, 6.07) is 4.48. The lowest BCUT2D eigenvalue weighted by atomic mass is 10.1. The third kappa shape index (κ3) is 2.56. The van der Waals surface area contributed by atoms with Gasteiger partial charge in [0.1, 0.15) is 0 Å². The standard InChI is InChI=1S/C11H12N2O4S/c14-8-9-7-10(1-2-11(9)13(15)16)12-3-5-18(17)6-4-12/h1-2,7-8H,3-6H2. The molecular formula is C11H12N2O4S. The molecule has 1 aromatic rings. The number of aldehydes is 1. The number of carbonyl (C=O) groups is 1. The fraction of sp³-hybridized carbons (Fsp3) is 0.364. The molecule has 6 nitrogen and oxygen atoms in total. The summed E-state index contributed by atoms with van der Waals surface area (Å²) >= 11 is 0. The highest BCUT2D eigenvalue weighted by molar-refractivity contribution is 7.85. The van der Waals surface area contributed by atoms with E-state index in [1.54, 1.807) is 6.07 Å². The summed E-state index contributed by atoms with van der Waals surface area (Å²) in [5, 5.41) is 10.7. The van der Waals surface area contributed by atoms with E-state index in [-0.39, 0.29) is 11.3 Å². The smallest absolute Gasteiger partial charge is 0.280 e. The van der Waals surface area contributed by atoms with E-state index in [2.05, 4.69) is 0 Å². The molecule has 18 heavy (non-hydrogen) atoms. The van der Waals surface area contributed by atoms with E-state index in [1.807, 2.05) is 4.90 Å². The first-order chi connectivity index (χ1) is 8.61. The molecule has 0 N–H and O–H groups in total. The van der Waals surface area contributed by atoms with Gasteiger partial charge in [-0.2, -0.15) is 0 Å². The summed E-state index contributed by atoms with van der Waals surface area (Å²) in [6.45, 7) is 1.28. The summed E-state index contributed by atoms with van der Waals surface area (Å²) in [4.78, 5) is 23.0. The number of hydrogen-bond donors (Lipinski definition) is 0.